The Labute approximate surface area is 149 Å². The van der Waals surface area contributed by atoms with Crippen LogP contribution in [0.4, 0.5) is 0 Å². The number of ether oxygens (including phenoxy) is 3. The minimum absolute atomic E-state index is 0.181. The van der Waals surface area contributed by atoms with Crippen LogP contribution in [0.25, 0.3) is 0 Å². The van der Waals surface area contributed by atoms with Gasteiger partial charge in [-0.15, -0.1) is 0 Å². The van der Waals surface area contributed by atoms with Crippen LogP contribution in [0.2, 0.25) is 0 Å². The summed E-state index contributed by atoms with van der Waals surface area (Å²) in [6.07, 6.45) is 1.85. The van der Waals surface area contributed by atoms with E-state index >= 15 is 0 Å². The van der Waals surface area contributed by atoms with Crippen LogP contribution < -0.4 is 4.74 Å². The van der Waals surface area contributed by atoms with Crippen LogP contribution >= 0.6 is 0 Å². The molecule has 0 amide bonds. The molecule has 0 spiro atoms. The number of benzene rings is 1. The van der Waals surface area contributed by atoms with Gasteiger partial charge in [0.25, 0.3) is 0 Å². The molecule has 2 rings (SSSR count). The van der Waals surface area contributed by atoms with Crippen LogP contribution in [0.1, 0.15) is 35.6 Å². The Kier molecular flexibility index (Phi) is 7.23. The summed E-state index contributed by atoms with van der Waals surface area (Å²) >= 11 is 0. The first-order valence-electron chi connectivity index (χ1n) is 8.70. The van der Waals surface area contributed by atoms with Crippen molar-refractivity contribution in [3.05, 3.63) is 28.8 Å². The predicted molar refractivity (Wildman–Crippen MR) is 95.3 cm³/mol. The SMILES string of the molecule is COCCOC1CCN(C(C(=O)O)c2cc(C)c(OC)c(C)c2)CC1. The van der Waals surface area contributed by atoms with Crippen LogP contribution in [-0.2, 0) is 14.3 Å². The number of rotatable bonds is 8. The van der Waals surface area contributed by atoms with E-state index in [9.17, 15) is 9.90 Å². The van der Waals surface area contributed by atoms with Gasteiger partial charge in [0.1, 0.15) is 11.8 Å². The summed E-state index contributed by atoms with van der Waals surface area (Å²) in [5, 5.41) is 9.81. The molecule has 1 unspecified atom stereocenters. The molecule has 1 aliphatic rings. The molecule has 0 aliphatic carbocycles. The number of carbonyl (C=O) groups is 1. The van der Waals surface area contributed by atoms with Crippen molar-refractivity contribution in [2.24, 2.45) is 0 Å². The van der Waals surface area contributed by atoms with Crippen LogP contribution in [0.15, 0.2) is 12.1 Å². The van der Waals surface area contributed by atoms with Crippen molar-refractivity contribution in [3.8, 4) is 5.75 Å². The number of methoxy groups -OCH3 is 2. The standard InChI is InChI=1S/C19H29NO5/c1-13-11-15(12-14(2)18(13)24-4)17(19(21)22)20-7-5-16(6-8-20)25-10-9-23-3/h11-12,16-17H,5-10H2,1-4H3,(H,21,22). The van der Waals surface area contributed by atoms with Crippen molar-refractivity contribution in [3.63, 3.8) is 0 Å². The smallest absolute Gasteiger partial charge is 0.325 e. The normalized spacial score (nSPS) is 17.4. The lowest BCUT2D eigenvalue weighted by Gasteiger charge is -2.36. The number of aryl methyl sites for hydroxylation is 2. The number of carboxylic acid groups (broad SMARTS) is 1. The second-order valence-electron chi connectivity index (χ2n) is 6.53. The maximum atomic E-state index is 11.9. The molecule has 0 bridgehead atoms. The first-order valence-corrected chi connectivity index (χ1v) is 8.70. The van der Waals surface area contributed by atoms with Gasteiger partial charge in [0.05, 0.1) is 26.4 Å². The molecule has 1 aromatic carbocycles. The van der Waals surface area contributed by atoms with Gasteiger partial charge in [-0.25, -0.2) is 0 Å². The van der Waals surface area contributed by atoms with Gasteiger partial charge < -0.3 is 19.3 Å². The fraction of sp³-hybridized carbons (Fsp3) is 0.632. The summed E-state index contributed by atoms with van der Waals surface area (Å²) in [6, 6.07) is 3.21. The summed E-state index contributed by atoms with van der Waals surface area (Å²) in [5.41, 5.74) is 2.73. The van der Waals surface area contributed by atoms with Gasteiger partial charge >= 0.3 is 5.97 Å². The Hall–Kier alpha value is -1.63. The minimum Gasteiger partial charge on any atom is -0.496 e. The molecular formula is C19H29NO5. The molecule has 0 aromatic heterocycles. The third-order valence-electron chi connectivity index (χ3n) is 4.72. The minimum atomic E-state index is -0.817. The summed E-state index contributed by atoms with van der Waals surface area (Å²) in [6.45, 7) is 6.48. The number of nitrogens with zero attached hydrogens (tertiary/aromatic N) is 1. The highest BCUT2D eigenvalue weighted by Crippen LogP contribution is 2.31. The van der Waals surface area contributed by atoms with Crippen molar-refractivity contribution >= 4 is 5.97 Å². The predicted octanol–water partition coefficient (Wildman–Crippen LogP) is 2.57. The van der Waals surface area contributed by atoms with E-state index in [-0.39, 0.29) is 6.10 Å². The van der Waals surface area contributed by atoms with E-state index < -0.39 is 12.0 Å². The van der Waals surface area contributed by atoms with E-state index in [1.807, 2.05) is 30.9 Å². The molecule has 25 heavy (non-hydrogen) atoms. The zero-order valence-corrected chi connectivity index (χ0v) is 15.6. The average Bonchev–Trinajstić information content (AvgIpc) is 2.56. The highest BCUT2D eigenvalue weighted by molar-refractivity contribution is 5.76. The third kappa shape index (κ3) is 4.93. The Morgan fingerprint density at radius 1 is 1.20 bits per heavy atom. The van der Waals surface area contributed by atoms with E-state index in [2.05, 4.69) is 0 Å². The molecule has 0 radical (unpaired) electrons. The van der Waals surface area contributed by atoms with Gasteiger partial charge in [0.2, 0.25) is 0 Å². The first kappa shape index (κ1) is 19.7. The second kappa shape index (κ2) is 9.17. The number of carboxylic acids is 1. The third-order valence-corrected chi connectivity index (χ3v) is 4.72. The maximum Gasteiger partial charge on any atom is 0.325 e. The van der Waals surface area contributed by atoms with Gasteiger partial charge in [-0.3, -0.25) is 9.69 Å². The van der Waals surface area contributed by atoms with Crippen molar-refractivity contribution < 1.29 is 24.1 Å². The molecule has 1 fully saturated rings. The molecule has 6 heteroatoms. The van der Waals surface area contributed by atoms with Crippen molar-refractivity contribution in [1.82, 2.24) is 4.90 Å². The number of likely N-dealkylation sites (tertiary alicyclic amines) is 1. The second-order valence-corrected chi connectivity index (χ2v) is 6.53. The Balaban J connectivity index is 2.09. The molecule has 0 saturated carbocycles. The largest absolute Gasteiger partial charge is 0.496 e. The van der Waals surface area contributed by atoms with E-state index in [1.165, 1.54) is 0 Å². The van der Waals surface area contributed by atoms with Crippen molar-refractivity contribution in [2.45, 2.75) is 38.8 Å². The molecule has 1 aliphatic heterocycles. The highest BCUT2D eigenvalue weighted by atomic mass is 16.5. The number of hydrogen-bond donors (Lipinski definition) is 1. The fourth-order valence-corrected chi connectivity index (χ4v) is 3.57. The molecule has 6 nitrogen and oxygen atoms in total. The van der Waals surface area contributed by atoms with Crippen LogP contribution in [0.3, 0.4) is 0 Å². The van der Waals surface area contributed by atoms with E-state index in [0.717, 1.165) is 35.3 Å². The Bertz CT molecular complexity index is 558. The Morgan fingerprint density at radius 2 is 1.80 bits per heavy atom. The van der Waals surface area contributed by atoms with Gasteiger partial charge in [0.15, 0.2) is 0 Å². The zero-order valence-electron chi connectivity index (χ0n) is 15.6. The highest BCUT2D eigenvalue weighted by Gasteiger charge is 2.31. The molecule has 1 N–H and O–H groups in total. The topological polar surface area (TPSA) is 68.2 Å². The molecule has 1 atom stereocenters. The molecule has 140 valence electrons. The summed E-state index contributed by atoms with van der Waals surface area (Å²) in [7, 11) is 3.29. The lowest BCUT2D eigenvalue weighted by atomic mass is 9.96. The number of aliphatic carboxylic acids is 1. The van der Waals surface area contributed by atoms with Gasteiger partial charge in [-0.05, 0) is 43.4 Å². The Morgan fingerprint density at radius 3 is 2.28 bits per heavy atom. The van der Waals surface area contributed by atoms with Crippen molar-refractivity contribution in [1.29, 1.82) is 0 Å². The van der Waals surface area contributed by atoms with Crippen LogP contribution in [0, 0.1) is 13.8 Å². The number of piperidine rings is 1. The average molecular weight is 351 g/mol. The summed E-state index contributed by atoms with van der Waals surface area (Å²) in [5.74, 6) is 0.000795. The van der Waals surface area contributed by atoms with E-state index in [4.69, 9.17) is 14.2 Å². The molecular weight excluding hydrogens is 322 g/mol. The van der Waals surface area contributed by atoms with Crippen LogP contribution in [-0.4, -0.2) is 62.6 Å². The molecule has 1 aromatic rings. The fourth-order valence-electron chi connectivity index (χ4n) is 3.57. The molecule has 1 saturated heterocycles. The van der Waals surface area contributed by atoms with Crippen LogP contribution in [0.5, 0.6) is 5.75 Å². The van der Waals surface area contributed by atoms with Gasteiger partial charge in [-0.2, -0.15) is 0 Å². The van der Waals surface area contributed by atoms with Crippen molar-refractivity contribution in [2.75, 3.05) is 40.5 Å². The van der Waals surface area contributed by atoms with E-state index in [1.54, 1.807) is 14.2 Å². The quantitative estimate of drug-likeness (QED) is 0.726. The summed E-state index contributed by atoms with van der Waals surface area (Å²) < 4.78 is 16.2. The lowest BCUT2D eigenvalue weighted by molar-refractivity contribution is -0.145. The maximum absolute atomic E-state index is 11.9. The van der Waals surface area contributed by atoms with E-state index in [0.29, 0.717) is 26.3 Å². The number of hydrogen-bond acceptors (Lipinski definition) is 5. The lowest BCUT2D eigenvalue weighted by Crippen LogP contribution is -2.42. The van der Waals surface area contributed by atoms with Gasteiger partial charge in [0, 0.05) is 20.2 Å². The zero-order chi connectivity index (χ0) is 18.4. The summed E-state index contributed by atoms with van der Waals surface area (Å²) in [4.78, 5) is 14.0. The van der Waals surface area contributed by atoms with Gasteiger partial charge in [-0.1, -0.05) is 12.1 Å². The molecule has 1 heterocycles. The monoisotopic (exact) mass is 351 g/mol. The first-order chi connectivity index (χ1) is 12.0.